The molecular formula is C17H22F2N2OS. The van der Waals surface area contributed by atoms with Gasteiger partial charge in [-0.15, -0.1) is 0 Å². The number of hydrogen-bond acceptors (Lipinski definition) is 2. The molecule has 2 saturated carbocycles. The Morgan fingerprint density at radius 2 is 1.96 bits per heavy atom. The smallest absolute Gasteiger partial charge is 0.387 e. The molecule has 0 spiro atoms. The lowest BCUT2D eigenvalue weighted by molar-refractivity contribution is -0.0498. The predicted octanol–water partition coefficient (Wildman–Crippen LogP) is 4.40. The first kappa shape index (κ1) is 16.4. The molecule has 126 valence electrons. The average Bonchev–Trinajstić information content (AvgIpc) is 3.11. The highest BCUT2D eigenvalue weighted by Gasteiger charge is 2.41. The Balaban J connectivity index is 1.49. The number of nitrogens with one attached hydrogen (secondary N) is 2. The van der Waals surface area contributed by atoms with E-state index in [1.165, 1.54) is 37.8 Å². The molecule has 1 aromatic carbocycles. The first-order chi connectivity index (χ1) is 11.0. The van der Waals surface area contributed by atoms with Crippen LogP contribution >= 0.6 is 12.2 Å². The third-order valence-corrected chi connectivity index (χ3v) is 5.35. The molecule has 0 unspecified atom stereocenters. The zero-order valence-electron chi connectivity index (χ0n) is 13.1. The van der Waals surface area contributed by atoms with E-state index >= 15 is 0 Å². The van der Waals surface area contributed by atoms with Gasteiger partial charge in [0.05, 0.1) is 0 Å². The average molecular weight is 340 g/mol. The zero-order valence-corrected chi connectivity index (χ0v) is 13.9. The largest absolute Gasteiger partial charge is 0.435 e. The fourth-order valence-corrected chi connectivity index (χ4v) is 4.41. The highest BCUT2D eigenvalue weighted by atomic mass is 32.1. The summed E-state index contributed by atoms with van der Waals surface area (Å²) in [4.78, 5) is 0. The summed E-state index contributed by atoms with van der Waals surface area (Å²) in [6, 6.07) is 6.70. The maximum atomic E-state index is 12.1. The molecule has 23 heavy (non-hydrogen) atoms. The number of halogens is 2. The number of anilines is 1. The van der Waals surface area contributed by atoms with Gasteiger partial charge in [-0.3, -0.25) is 0 Å². The fraction of sp³-hybridized carbons (Fsp3) is 0.588. The first-order valence-electron chi connectivity index (χ1n) is 8.13. The number of hydrogen-bond donors (Lipinski definition) is 2. The second-order valence-corrected chi connectivity index (χ2v) is 7.04. The quantitative estimate of drug-likeness (QED) is 0.779. The van der Waals surface area contributed by atoms with E-state index in [-0.39, 0.29) is 5.75 Å². The minimum atomic E-state index is -2.81. The van der Waals surface area contributed by atoms with Crippen LogP contribution in [0.1, 0.15) is 32.6 Å². The third kappa shape index (κ3) is 4.10. The Hall–Kier alpha value is -1.43. The number of benzene rings is 1. The van der Waals surface area contributed by atoms with Crippen LogP contribution in [0.2, 0.25) is 0 Å². The molecule has 1 aromatic rings. The lowest BCUT2D eigenvalue weighted by Crippen LogP contribution is -2.42. The van der Waals surface area contributed by atoms with Crippen molar-refractivity contribution in [3.8, 4) is 5.75 Å². The highest BCUT2D eigenvalue weighted by Crippen LogP contribution is 2.49. The van der Waals surface area contributed by atoms with Crippen molar-refractivity contribution in [3.05, 3.63) is 24.3 Å². The maximum absolute atomic E-state index is 12.1. The predicted molar refractivity (Wildman–Crippen MR) is 90.8 cm³/mol. The molecule has 2 N–H and O–H groups in total. The van der Waals surface area contributed by atoms with Crippen LogP contribution in [0.15, 0.2) is 24.3 Å². The third-order valence-electron chi connectivity index (χ3n) is 5.13. The minimum absolute atomic E-state index is 0.139. The second-order valence-electron chi connectivity index (χ2n) is 6.63. The summed E-state index contributed by atoms with van der Waals surface area (Å²) in [5.41, 5.74) is 0.754. The van der Waals surface area contributed by atoms with Gasteiger partial charge in [0.15, 0.2) is 5.11 Å². The van der Waals surface area contributed by atoms with Gasteiger partial charge in [0.25, 0.3) is 0 Å². The minimum Gasteiger partial charge on any atom is -0.435 e. The molecule has 2 bridgehead atoms. The van der Waals surface area contributed by atoms with Gasteiger partial charge in [-0.25, -0.2) is 0 Å². The molecule has 0 aliphatic heterocycles. The molecule has 0 aromatic heterocycles. The van der Waals surface area contributed by atoms with Crippen molar-refractivity contribution < 1.29 is 13.5 Å². The van der Waals surface area contributed by atoms with E-state index in [9.17, 15) is 8.78 Å². The summed E-state index contributed by atoms with van der Waals surface area (Å²) < 4.78 is 28.6. The van der Waals surface area contributed by atoms with Gasteiger partial charge in [0, 0.05) is 11.7 Å². The Morgan fingerprint density at radius 3 is 2.52 bits per heavy atom. The van der Waals surface area contributed by atoms with E-state index in [1.807, 2.05) is 0 Å². The van der Waals surface area contributed by atoms with Gasteiger partial charge in [-0.2, -0.15) is 8.78 Å². The normalized spacial score (nSPS) is 27.0. The molecule has 3 rings (SSSR count). The Bertz CT molecular complexity index is 552. The Morgan fingerprint density at radius 1 is 1.22 bits per heavy atom. The maximum Gasteiger partial charge on any atom is 0.387 e. The number of thiocarbonyl (C=S) groups is 1. The standard InChI is InChI=1S/C17H22F2N2OS/c1-10(15-9-11-2-3-12(15)8-11)20-17(23)21-13-4-6-14(7-5-13)22-16(18)19/h4-7,10-12,15-16H,2-3,8-9H2,1H3,(H2,20,21,23)/t10-,11-,12-,15-/m0/s1. The molecule has 2 fully saturated rings. The number of rotatable bonds is 5. The Labute approximate surface area is 140 Å². The second kappa shape index (κ2) is 6.99. The highest BCUT2D eigenvalue weighted by molar-refractivity contribution is 7.80. The van der Waals surface area contributed by atoms with Crippen molar-refractivity contribution in [2.45, 2.75) is 45.3 Å². The van der Waals surface area contributed by atoms with Gasteiger partial charge in [-0.05, 0) is 80.4 Å². The van der Waals surface area contributed by atoms with Gasteiger partial charge in [0.1, 0.15) is 5.75 Å². The Kier molecular flexibility index (Phi) is 4.99. The zero-order chi connectivity index (χ0) is 16.4. The topological polar surface area (TPSA) is 33.3 Å². The lowest BCUT2D eigenvalue weighted by Gasteiger charge is -2.29. The van der Waals surface area contributed by atoms with Gasteiger partial charge >= 0.3 is 6.61 Å². The van der Waals surface area contributed by atoms with Crippen LogP contribution in [0.25, 0.3) is 0 Å². The van der Waals surface area contributed by atoms with E-state index in [0.29, 0.717) is 17.1 Å². The molecule has 2 aliphatic carbocycles. The summed E-state index contributed by atoms with van der Waals surface area (Å²) in [6.07, 6.45) is 5.43. The summed E-state index contributed by atoms with van der Waals surface area (Å²) in [5.74, 6) is 2.60. The van der Waals surface area contributed by atoms with E-state index in [1.54, 1.807) is 12.1 Å². The molecule has 6 heteroatoms. The van der Waals surface area contributed by atoms with Crippen molar-refractivity contribution in [1.29, 1.82) is 0 Å². The molecule has 2 aliphatic rings. The van der Waals surface area contributed by atoms with Crippen LogP contribution in [0, 0.1) is 17.8 Å². The summed E-state index contributed by atoms with van der Waals surface area (Å²) in [7, 11) is 0. The monoisotopic (exact) mass is 340 g/mol. The van der Waals surface area contributed by atoms with E-state index < -0.39 is 6.61 Å². The van der Waals surface area contributed by atoms with Crippen LogP contribution < -0.4 is 15.4 Å². The van der Waals surface area contributed by atoms with Gasteiger partial charge in [0.2, 0.25) is 0 Å². The molecule has 0 saturated heterocycles. The molecule has 0 radical (unpaired) electrons. The van der Waals surface area contributed by atoms with E-state index in [4.69, 9.17) is 12.2 Å². The van der Waals surface area contributed by atoms with Crippen molar-refractivity contribution in [2.75, 3.05) is 5.32 Å². The van der Waals surface area contributed by atoms with Crippen LogP contribution in [0.4, 0.5) is 14.5 Å². The molecule has 0 heterocycles. The van der Waals surface area contributed by atoms with Crippen LogP contribution in [0.5, 0.6) is 5.75 Å². The fourth-order valence-electron chi connectivity index (χ4n) is 4.11. The molecule has 3 nitrogen and oxygen atoms in total. The van der Waals surface area contributed by atoms with Crippen molar-refractivity contribution in [2.24, 2.45) is 17.8 Å². The molecule has 0 amide bonds. The molecule has 4 atom stereocenters. The van der Waals surface area contributed by atoms with Crippen LogP contribution in [-0.2, 0) is 0 Å². The number of fused-ring (bicyclic) bond motifs is 2. The van der Waals surface area contributed by atoms with E-state index in [0.717, 1.165) is 17.5 Å². The lowest BCUT2D eigenvalue weighted by atomic mass is 9.84. The summed E-state index contributed by atoms with van der Waals surface area (Å²) >= 11 is 5.36. The van der Waals surface area contributed by atoms with Crippen LogP contribution in [0.3, 0.4) is 0 Å². The first-order valence-corrected chi connectivity index (χ1v) is 8.54. The van der Waals surface area contributed by atoms with Crippen molar-refractivity contribution in [1.82, 2.24) is 5.32 Å². The number of alkyl halides is 2. The van der Waals surface area contributed by atoms with Crippen LogP contribution in [-0.4, -0.2) is 17.8 Å². The number of ether oxygens (including phenoxy) is 1. The summed E-state index contributed by atoms with van der Waals surface area (Å²) in [6.45, 7) is -0.613. The summed E-state index contributed by atoms with van der Waals surface area (Å²) in [5, 5.41) is 7.04. The van der Waals surface area contributed by atoms with Gasteiger partial charge in [-0.1, -0.05) is 6.42 Å². The van der Waals surface area contributed by atoms with E-state index in [2.05, 4.69) is 22.3 Å². The van der Waals surface area contributed by atoms with Gasteiger partial charge < -0.3 is 15.4 Å². The van der Waals surface area contributed by atoms with Crippen molar-refractivity contribution in [3.63, 3.8) is 0 Å². The molecular weight excluding hydrogens is 318 g/mol. The SMILES string of the molecule is C[C@H](NC(=S)Nc1ccc(OC(F)F)cc1)[C@@H]1C[C@H]2CC[C@H]1C2. The van der Waals surface area contributed by atoms with Crippen molar-refractivity contribution >= 4 is 23.0 Å².